The second-order valence-electron chi connectivity index (χ2n) is 7.61. The standard InChI is InChI=1S/C24H24ClN5O2/c1-31-22-8-7-17(15-23(22)32-2)19-16-21-24(26-9-10-30(21)27-19)29-13-11-28(12-14-29)20-6-4-3-5-18(20)25/h3-10,15-16H,11-14H2,1-2H3. The molecule has 0 N–H and O–H groups in total. The van der Waals surface area contributed by atoms with Crippen LogP contribution < -0.4 is 19.3 Å². The molecule has 164 valence electrons. The number of methoxy groups -OCH3 is 2. The van der Waals surface area contributed by atoms with Gasteiger partial charge in [-0.3, -0.25) is 0 Å². The van der Waals surface area contributed by atoms with Crippen molar-refractivity contribution in [3.05, 3.63) is 65.9 Å². The molecule has 1 fully saturated rings. The Morgan fingerprint density at radius 3 is 2.38 bits per heavy atom. The lowest BCUT2D eigenvalue weighted by Gasteiger charge is -2.37. The zero-order valence-electron chi connectivity index (χ0n) is 18.0. The summed E-state index contributed by atoms with van der Waals surface area (Å²) in [6.07, 6.45) is 3.68. The van der Waals surface area contributed by atoms with Crippen LogP contribution in [0.4, 0.5) is 11.5 Å². The average molecular weight is 450 g/mol. The van der Waals surface area contributed by atoms with E-state index in [0.29, 0.717) is 11.5 Å². The summed E-state index contributed by atoms with van der Waals surface area (Å²) in [6.45, 7) is 3.47. The first kappa shape index (κ1) is 20.5. The zero-order valence-corrected chi connectivity index (χ0v) is 18.8. The summed E-state index contributed by atoms with van der Waals surface area (Å²) in [5.74, 6) is 2.31. The summed E-state index contributed by atoms with van der Waals surface area (Å²) in [6, 6.07) is 15.9. The Balaban J connectivity index is 1.42. The first-order valence-corrected chi connectivity index (χ1v) is 10.9. The van der Waals surface area contributed by atoms with E-state index in [0.717, 1.165) is 59.5 Å². The Labute approximate surface area is 191 Å². The lowest BCUT2D eigenvalue weighted by atomic mass is 10.1. The van der Waals surface area contributed by atoms with Gasteiger partial charge in [-0.1, -0.05) is 23.7 Å². The molecule has 3 heterocycles. The summed E-state index contributed by atoms with van der Waals surface area (Å²) in [4.78, 5) is 9.32. The topological polar surface area (TPSA) is 55.1 Å². The van der Waals surface area contributed by atoms with Crippen molar-refractivity contribution < 1.29 is 9.47 Å². The molecule has 0 saturated carbocycles. The fourth-order valence-electron chi connectivity index (χ4n) is 4.16. The lowest BCUT2D eigenvalue weighted by Crippen LogP contribution is -2.47. The van der Waals surface area contributed by atoms with E-state index in [1.54, 1.807) is 20.4 Å². The van der Waals surface area contributed by atoms with Crippen molar-refractivity contribution in [1.82, 2.24) is 14.6 Å². The number of fused-ring (bicyclic) bond motifs is 1. The minimum atomic E-state index is 0.677. The number of ether oxygens (including phenoxy) is 2. The normalized spacial score (nSPS) is 14.1. The number of para-hydroxylation sites is 1. The van der Waals surface area contributed by atoms with Crippen molar-refractivity contribution in [2.45, 2.75) is 0 Å². The minimum Gasteiger partial charge on any atom is -0.493 e. The SMILES string of the molecule is COc1ccc(-c2cc3c(N4CCN(c5ccccc5Cl)CC4)nccn3n2)cc1OC. The van der Waals surface area contributed by atoms with E-state index in [2.05, 4.69) is 26.9 Å². The van der Waals surface area contributed by atoms with Crippen molar-refractivity contribution in [3.8, 4) is 22.8 Å². The van der Waals surface area contributed by atoms with Crippen LogP contribution in [0.25, 0.3) is 16.8 Å². The van der Waals surface area contributed by atoms with E-state index in [1.807, 2.05) is 47.1 Å². The molecular weight excluding hydrogens is 426 g/mol. The molecule has 0 unspecified atom stereocenters. The van der Waals surface area contributed by atoms with Crippen molar-refractivity contribution >= 4 is 28.6 Å². The van der Waals surface area contributed by atoms with Crippen LogP contribution in [0, 0.1) is 0 Å². The molecule has 32 heavy (non-hydrogen) atoms. The van der Waals surface area contributed by atoms with Crippen molar-refractivity contribution in [2.75, 3.05) is 50.2 Å². The molecule has 0 aliphatic carbocycles. The summed E-state index contributed by atoms with van der Waals surface area (Å²) >= 11 is 6.39. The van der Waals surface area contributed by atoms with Crippen LogP contribution in [0.5, 0.6) is 11.5 Å². The molecule has 0 atom stereocenters. The molecule has 2 aromatic heterocycles. The molecule has 5 rings (SSSR count). The predicted molar refractivity (Wildman–Crippen MR) is 127 cm³/mol. The number of hydrogen-bond acceptors (Lipinski definition) is 6. The second-order valence-corrected chi connectivity index (χ2v) is 8.01. The molecular formula is C24H24ClN5O2. The molecule has 1 aliphatic heterocycles. The number of piperazine rings is 1. The molecule has 2 aromatic carbocycles. The minimum absolute atomic E-state index is 0.677. The van der Waals surface area contributed by atoms with E-state index in [-0.39, 0.29) is 0 Å². The summed E-state index contributed by atoms with van der Waals surface area (Å²) < 4.78 is 12.7. The summed E-state index contributed by atoms with van der Waals surface area (Å²) in [7, 11) is 3.27. The highest BCUT2D eigenvalue weighted by Crippen LogP contribution is 2.33. The van der Waals surface area contributed by atoms with Gasteiger partial charge in [0, 0.05) is 44.1 Å². The van der Waals surface area contributed by atoms with Crippen LogP contribution in [0.3, 0.4) is 0 Å². The summed E-state index contributed by atoms with van der Waals surface area (Å²) in [5.41, 5.74) is 3.87. The fourth-order valence-corrected chi connectivity index (χ4v) is 4.41. The molecule has 1 aliphatic rings. The number of aromatic nitrogens is 3. The Hall–Kier alpha value is -3.45. The molecule has 7 nitrogen and oxygen atoms in total. The predicted octanol–water partition coefficient (Wildman–Crippen LogP) is 4.39. The third-order valence-corrected chi connectivity index (χ3v) is 6.14. The number of nitrogens with zero attached hydrogens (tertiary/aromatic N) is 5. The van der Waals surface area contributed by atoms with Gasteiger partial charge in [-0.05, 0) is 36.4 Å². The van der Waals surface area contributed by atoms with E-state index in [1.165, 1.54) is 0 Å². The lowest BCUT2D eigenvalue weighted by molar-refractivity contribution is 0.355. The van der Waals surface area contributed by atoms with E-state index in [4.69, 9.17) is 26.2 Å². The molecule has 8 heteroatoms. The molecule has 0 radical (unpaired) electrons. The van der Waals surface area contributed by atoms with Gasteiger partial charge < -0.3 is 19.3 Å². The highest BCUT2D eigenvalue weighted by molar-refractivity contribution is 6.33. The summed E-state index contributed by atoms with van der Waals surface area (Å²) in [5, 5.41) is 5.56. The Bertz CT molecular complexity index is 1250. The number of rotatable bonds is 5. The van der Waals surface area contributed by atoms with Gasteiger partial charge in [-0.2, -0.15) is 5.10 Å². The van der Waals surface area contributed by atoms with Gasteiger partial charge in [0.1, 0.15) is 5.52 Å². The maximum atomic E-state index is 6.39. The van der Waals surface area contributed by atoms with Crippen molar-refractivity contribution in [1.29, 1.82) is 0 Å². The highest BCUT2D eigenvalue weighted by atomic mass is 35.5. The Morgan fingerprint density at radius 1 is 0.875 bits per heavy atom. The van der Waals surface area contributed by atoms with Crippen molar-refractivity contribution in [3.63, 3.8) is 0 Å². The monoisotopic (exact) mass is 449 g/mol. The second kappa shape index (κ2) is 8.59. The van der Waals surface area contributed by atoms with E-state index < -0.39 is 0 Å². The van der Waals surface area contributed by atoms with Crippen LogP contribution in [0.15, 0.2) is 60.9 Å². The quantitative estimate of drug-likeness (QED) is 0.450. The van der Waals surface area contributed by atoms with Crippen LogP contribution in [-0.4, -0.2) is 55.0 Å². The zero-order chi connectivity index (χ0) is 22.1. The van der Waals surface area contributed by atoms with Gasteiger partial charge in [0.15, 0.2) is 17.3 Å². The van der Waals surface area contributed by atoms with Crippen LogP contribution in [-0.2, 0) is 0 Å². The van der Waals surface area contributed by atoms with E-state index in [9.17, 15) is 0 Å². The van der Waals surface area contributed by atoms with Crippen molar-refractivity contribution in [2.24, 2.45) is 0 Å². The molecule has 0 spiro atoms. The number of benzene rings is 2. The maximum absolute atomic E-state index is 6.39. The Kier molecular flexibility index (Phi) is 5.49. The highest BCUT2D eigenvalue weighted by Gasteiger charge is 2.22. The van der Waals surface area contributed by atoms with Gasteiger partial charge in [-0.25, -0.2) is 9.50 Å². The van der Waals surface area contributed by atoms with E-state index >= 15 is 0 Å². The third-order valence-electron chi connectivity index (χ3n) is 5.82. The van der Waals surface area contributed by atoms with Gasteiger partial charge in [-0.15, -0.1) is 0 Å². The van der Waals surface area contributed by atoms with Gasteiger partial charge in [0.25, 0.3) is 0 Å². The first-order chi connectivity index (χ1) is 15.7. The fraction of sp³-hybridized carbons (Fsp3) is 0.250. The number of hydrogen-bond donors (Lipinski definition) is 0. The number of anilines is 2. The average Bonchev–Trinajstić information content (AvgIpc) is 3.28. The Morgan fingerprint density at radius 2 is 1.62 bits per heavy atom. The molecule has 0 amide bonds. The smallest absolute Gasteiger partial charge is 0.161 e. The maximum Gasteiger partial charge on any atom is 0.161 e. The largest absolute Gasteiger partial charge is 0.493 e. The van der Waals surface area contributed by atoms with Crippen LogP contribution in [0.2, 0.25) is 5.02 Å². The molecule has 0 bridgehead atoms. The molecule has 4 aromatic rings. The van der Waals surface area contributed by atoms with Gasteiger partial charge in [0.2, 0.25) is 0 Å². The van der Waals surface area contributed by atoms with Crippen LogP contribution in [0.1, 0.15) is 0 Å². The first-order valence-electron chi connectivity index (χ1n) is 10.5. The molecule has 1 saturated heterocycles. The van der Waals surface area contributed by atoms with Gasteiger partial charge in [0.05, 0.1) is 30.6 Å². The van der Waals surface area contributed by atoms with Gasteiger partial charge >= 0.3 is 0 Å². The van der Waals surface area contributed by atoms with Crippen LogP contribution >= 0.6 is 11.6 Å². The number of halogens is 1. The third kappa shape index (κ3) is 3.69.